The van der Waals surface area contributed by atoms with Gasteiger partial charge in [-0.2, -0.15) is 0 Å². The first-order valence-corrected chi connectivity index (χ1v) is 5.55. The lowest BCUT2D eigenvalue weighted by Gasteiger charge is -2.41. The lowest BCUT2D eigenvalue weighted by molar-refractivity contribution is -0.142. The van der Waals surface area contributed by atoms with E-state index in [-0.39, 0.29) is 17.8 Å². The van der Waals surface area contributed by atoms with Gasteiger partial charge in [0.15, 0.2) is 0 Å². The zero-order valence-corrected chi connectivity index (χ0v) is 10.1. The van der Waals surface area contributed by atoms with Crippen molar-refractivity contribution in [3.8, 4) is 0 Å². The Bertz CT molecular complexity index is 189. The molecular formula is C12H24O2. The van der Waals surface area contributed by atoms with Crippen LogP contribution in [0.1, 0.15) is 53.9 Å². The second-order valence-electron chi connectivity index (χ2n) is 6.24. The Morgan fingerprint density at radius 2 is 1.86 bits per heavy atom. The highest BCUT2D eigenvalue weighted by Gasteiger charge is 2.36. The molecule has 2 unspecified atom stereocenters. The average molecular weight is 200 g/mol. The summed E-state index contributed by atoms with van der Waals surface area (Å²) in [7, 11) is 0. The Labute approximate surface area is 87.7 Å². The number of hydrogen-bond donors (Lipinski definition) is 1. The van der Waals surface area contributed by atoms with E-state index >= 15 is 0 Å². The molecule has 1 aliphatic carbocycles. The summed E-state index contributed by atoms with van der Waals surface area (Å²) >= 11 is 0. The molecule has 1 fully saturated rings. The maximum absolute atomic E-state index is 9.84. The highest BCUT2D eigenvalue weighted by molar-refractivity contribution is 4.86. The fraction of sp³-hybridized carbons (Fsp3) is 1.00. The molecule has 0 saturated heterocycles. The lowest BCUT2D eigenvalue weighted by Crippen LogP contribution is -2.43. The van der Waals surface area contributed by atoms with E-state index in [0.29, 0.717) is 5.41 Å². The Hall–Kier alpha value is -0.0800. The summed E-state index contributed by atoms with van der Waals surface area (Å²) in [5.74, 6) is 0. The van der Waals surface area contributed by atoms with Crippen LogP contribution in [-0.2, 0) is 4.74 Å². The Morgan fingerprint density at radius 3 is 2.36 bits per heavy atom. The van der Waals surface area contributed by atoms with Crippen LogP contribution in [0.4, 0.5) is 0 Å². The molecule has 1 N–H and O–H groups in total. The molecule has 0 amide bonds. The summed E-state index contributed by atoms with van der Waals surface area (Å²) in [6.07, 6.45) is 2.66. The second kappa shape index (κ2) is 3.82. The standard InChI is InChI=1S/C12H24O2/c1-11(2,3)14-10-8-12(4,5)7-6-9(10)13/h9-10,13H,6-8H2,1-5H3. The molecule has 84 valence electrons. The highest BCUT2D eigenvalue weighted by Crippen LogP contribution is 2.37. The van der Waals surface area contributed by atoms with Crippen molar-refractivity contribution < 1.29 is 9.84 Å². The smallest absolute Gasteiger partial charge is 0.0846 e. The molecule has 0 radical (unpaired) electrons. The van der Waals surface area contributed by atoms with Gasteiger partial charge in [0.2, 0.25) is 0 Å². The maximum atomic E-state index is 9.84. The van der Waals surface area contributed by atoms with Crippen molar-refractivity contribution in [1.82, 2.24) is 0 Å². The van der Waals surface area contributed by atoms with E-state index in [2.05, 4.69) is 13.8 Å². The molecule has 1 aliphatic rings. The third-order valence-electron chi connectivity index (χ3n) is 2.80. The fourth-order valence-electron chi connectivity index (χ4n) is 2.08. The van der Waals surface area contributed by atoms with Crippen LogP contribution in [0, 0.1) is 5.41 Å². The molecular weight excluding hydrogens is 176 g/mol. The third kappa shape index (κ3) is 3.58. The summed E-state index contributed by atoms with van der Waals surface area (Å²) < 4.78 is 5.88. The molecule has 0 aromatic carbocycles. The van der Waals surface area contributed by atoms with Gasteiger partial charge in [-0.3, -0.25) is 0 Å². The van der Waals surface area contributed by atoms with E-state index < -0.39 is 0 Å². The van der Waals surface area contributed by atoms with Crippen LogP contribution < -0.4 is 0 Å². The molecule has 2 atom stereocenters. The zero-order chi connectivity index (χ0) is 11.0. The number of hydrogen-bond acceptors (Lipinski definition) is 2. The summed E-state index contributed by atoms with van der Waals surface area (Å²) in [6, 6.07) is 0. The Balaban J connectivity index is 2.58. The molecule has 0 aromatic rings. The molecule has 0 bridgehead atoms. The molecule has 2 nitrogen and oxygen atoms in total. The monoisotopic (exact) mass is 200 g/mol. The summed E-state index contributed by atoms with van der Waals surface area (Å²) in [5.41, 5.74) is 0.161. The van der Waals surface area contributed by atoms with E-state index in [9.17, 15) is 5.11 Å². The predicted molar refractivity (Wildman–Crippen MR) is 58.3 cm³/mol. The van der Waals surface area contributed by atoms with Gasteiger partial charge in [-0.1, -0.05) is 13.8 Å². The normalized spacial score (nSPS) is 33.0. The van der Waals surface area contributed by atoms with Crippen LogP contribution in [0.3, 0.4) is 0 Å². The van der Waals surface area contributed by atoms with Gasteiger partial charge in [0.1, 0.15) is 0 Å². The lowest BCUT2D eigenvalue weighted by atomic mass is 9.75. The molecule has 2 heteroatoms. The first-order chi connectivity index (χ1) is 6.20. The van der Waals surface area contributed by atoms with E-state index in [0.717, 1.165) is 19.3 Å². The quantitative estimate of drug-likeness (QED) is 0.705. The van der Waals surface area contributed by atoms with Gasteiger partial charge in [0, 0.05) is 0 Å². The molecule has 1 saturated carbocycles. The average Bonchev–Trinajstić information content (AvgIpc) is 1.93. The van der Waals surface area contributed by atoms with Gasteiger partial charge < -0.3 is 9.84 Å². The SMILES string of the molecule is CC1(C)CCC(O)C(OC(C)(C)C)C1. The number of rotatable bonds is 1. The van der Waals surface area contributed by atoms with Crippen LogP contribution in [0.2, 0.25) is 0 Å². The van der Waals surface area contributed by atoms with Crippen LogP contribution in [0.15, 0.2) is 0 Å². The van der Waals surface area contributed by atoms with Crippen molar-refractivity contribution in [2.24, 2.45) is 5.41 Å². The van der Waals surface area contributed by atoms with Gasteiger partial charge in [-0.05, 0) is 45.4 Å². The number of aliphatic hydroxyl groups excluding tert-OH is 1. The predicted octanol–water partition coefficient (Wildman–Crippen LogP) is 2.74. The summed E-state index contributed by atoms with van der Waals surface area (Å²) in [5, 5.41) is 9.84. The van der Waals surface area contributed by atoms with Gasteiger partial charge in [-0.15, -0.1) is 0 Å². The Kier molecular flexibility index (Phi) is 3.27. The van der Waals surface area contributed by atoms with E-state index in [1.807, 2.05) is 20.8 Å². The number of aliphatic hydroxyl groups is 1. The fourth-order valence-corrected chi connectivity index (χ4v) is 2.08. The van der Waals surface area contributed by atoms with Crippen molar-refractivity contribution in [3.63, 3.8) is 0 Å². The van der Waals surface area contributed by atoms with Crippen molar-refractivity contribution in [2.75, 3.05) is 0 Å². The second-order valence-corrected chi connectivity index (χ2v) is 6.24. The first-order valence-electron chi connectivity index (χ1n) is 5.55. The largest absolute Gasteiger partial charge is 0.390 e. The zero-order valence-electron chi connectivity index (χ0n) is 10.1. The molecule has 14 heavy (non-hydrogen) atoms. The Morgan fingerprint density at radius 1 is 1.29 bits per heavy atom. The minimum Gasteiger partial charge on any atom is -0.390 e. The highest BCUT2D eigenvalue weighted by atomic mass is 16.5. The van der Waals surface area contributed by atoms with E-state index in [4.69, 9.17) is 4.74 Å². The minimum atomic E-state index is -0.276. The van der Waals surface area contributed by atoms with Gasteiger partial charge in [0.25, 0.3) is 0 Å². The van der Waals surface area contributed by atoms with Crippen LogP contribution in [-0.4, -0.2) is 22.9 Å². The van der Waals surface area contributed by atoms with Gasteiger partial charge in [-0.25, -0.2) is 0 Å². The molecule has 1 rings (SSSR count). The summed E-state index contributed by atoms with van der Waals surface area (Å²) in [4.78, 5) is 0. The van der Waals surface area contributed by atoms with Gasteiger partial charge >= 0.3 is 0 Å². The van der Waals surface area contributed by atoms with Crippen LogP contribution >= 0.6 is 0 Å². The van der Waals surface area contributed by atoms with Crippen LogP contribution in [0.5, 0.6) is 0 Å². The van der Waals surface area contributed by atoms with Crippen molar-refractivity contribution >= 4 is 0 Å². The van der Waals surface area contributed by atoms with E-state index in [1.165, 1.54) is 0 Å². The van der Waals surface area contributed by atoms with Crippen molar-refractivity contribution in [1.29, 1.82) is 0 Å². The molecule has 0 aliphatic heterocycles. The molecule has 0 spiro atoms. The van der Waals surface area contributed by atoms with Crippen molar-refractivity contribution in [3.05, 3.63) is 0 Å². The third-order valence-corrected chi connectivity index (χ3v) is 2.80. The van der Waals surface area contributed by atoms with Crippen LogP contribution in [0.25, 0.3) is 0 Å². The maximum Gasteiger partial charge on any atom is 0.0846 e. The molecule has 0 aromatic heterocycles. The summed E-state index contributed by atoms with van der Waals surface area (Å²) in [6.45, 7) is 10.6. The minimum absolute atomic E-state index is 0.0127. The van der Waals surface area contributed by atoms with E-state index in [1.54, 1.807) is 0 Å². The topological polar surface area (TPSA) is 29.5 Å². The molecule has 0 heterocycles. The van der Waals surface area contributed by atoms with Crippen molar-refractivity contribution in [2.45, 2.75) is 71.7 Å². The number of ether oxygens (including phenoxy) is 1. The van der Waals surface area contributed by atoms with Gasteiger partial charge in [0.05, 0.1) is 17.8 Å². The first kappa shape index (κ1) is 12.0.